The van der Waals surface area contributed by atoms with Crippen molar-refractivity contribution < 1.29 is 4.39 Å². The number of anilines is 1. The number of rotatable bonds is 4. The van der Waals surface area contributed by atoms with Crippen molar-refractivity contribution in [3.05, 3.63) is 54.1 Å². The van der Waals surface area contributed by atoms with Gasteiger partial charge in [-0.1, -0.05) is 6.58 Å². The van der Waals surface area contributed by atoms with Crippen molar-refractivity contribution in [1.82, 2.24) is 9.78 Å². The third kappa shape index (κ3) is 2.55. The molecule has 0 saturated heterocycles. The van der Waals surface area contributed by atoms with Gasteiger partial charge in [-0.2, -0.15) is 10.4 Å². The topological polar surface area (TPSA) is 53.6 Å². The molecule has 5 heteroatoms. The number of benzene rings is 1. The van der Waals surface area contributed by atoms with Crippen molar-refractivity contribution >= 4 is 11.9 Å². The van der Waals surface area contributed by atoms with Crippen LogP contribution in [-0.2, 0) is 6.54 Å². The zero-order chi connectivity index (χ0) is 13.0. The fourth-order valence-corrected chi connectivity index (χ4v) is 1.49. The van der Waals surface area contributed by atoms with Gasteiger partial charge >= 0.3 is 0 Å². The van der Waals surface area contributed by atoms with Gasteiger partial charge in [0.05, 0.1) is 11.8 Å². The zero-order valence-corrected chi connectivity index (χ0v) is 9.60. The summed E-state index contributed by atoms with van der Waals surface area (Å²) >= 11 is 0. The minimum atomic E-state index is -0.512. The van der Waals surface area contributed by atoms with E-state index in [1.807, 2.05) is 6.20 Å². The smallest absolute Gasteiger partial charge is 0.141 e. The molecule has 1 aromatic carbocycles. The van der Waals surface area contributed by atoms with Crippen molar-refractivity contribution in [2.24, 2.45) is 0 Å². The Morgan fingerprint density at radius 3 is 3.06 bits per heavy atom. The molecule has 2 aromatic rings. The molecule has 18 heavy (non-hydrogen) atoms. The summed E-state index contributed by atoms with van der Waals surface area (Å²) in [5, 5.41) is 15.9. The van der Waals surface area contributed by atoms with Gasteiger partial charge in [0.25, 0.3) is 0 Å². The third-order valence-corrected chi connectivity index (χ3v) is 2.43. The van der Waals surface area contributed by atoms with E-state index < -0.39 is 5.82 Å². The van der Waals surface area contributed by atoms with Crippen LogP contribution in [0.15, 0.2) is 37.2 Å². The van der Waals surface area contributed by atoms with Crippen LogP contribution in [0.2, 0.25) is 0 Å². The molecule has 1 heterocycles. The highest BCUT2D eigenvalue weighted by molar-refractivity contribution is 5.50. The summed E-state index contributed by atoms with van der Waals surface area (Å²) in [6, 6.07) is 6.15. The first-order valence-electron chi connectivity index (χ1n) is 5.32. The number of halogens is 1. The van der Waals surface area contributed by atoms with Crippen LogP contribution < -0.4 is 5.32 Å². The summed E-state index contributed by atoms with van der Waals surface area (Å²) < 4.78 is 14.7. The molecule has 0 radical (unpaired) electrons. The SMILES string of the molecule is C=Cn1cc(CNc2ccc(F)c(C#N)c2)cn1. The number of aromatic nitrogens is 2. The first kappa shape index (κ1) is 11.9. The lowest BCUT2D eigenvalue weighted by molar-refractivity contribution is 0.624. The van der Waals surface area contributed by atoms with Crippen LogP contribution in [0.5, 0.6) is 0 Å². The van der Waals surface area contributed by atoms with Crippen molar-refractivity contribution in [3.8, 4) is 6.07 Å². The van der Waals surface area contributed by atoms with Crippen LogP contribution >= 0.6 is 0 Å². The van der Waals surface area contributed by atoms with Crippen molar-refractivity contribution in [2.45, 2.75) is 6.54 Å². The lowest BCUT2D eigenvalue weighted by atomic mass is 10.2. The normalized spacial score (nSPS) is 9.78. The minimum absolute atomic E-state index is 0.0294. The van der Waals surface area contributed by atoms with E-state index >= 15 is 0 Å². The van der Waals surface area contributed by atoms with Crippen molar-refractivity contribution in [1.29, 1.82) is 5.26 Å². The molecule has 0 amide bonds. The first-order valence-corrected chi connectivity index (χ1v) is 5.32. The number of hydrogen-bond acceptors (Lipinski definition) is 3. The van der Waals surface area contributed by atoms with E-state index in [9.17, 15) is 4.39 Å². The first-order chi connectivity index (χ1) is 8.72. The summed E-state index contributed by atoms with van der Waals surface area (Å²) in [6.45, 7) is 4.14. The van der Waals surface area contributed by atoms with Crippen LogP contribution in [-0.4, -0.2) is 9.78 Å². The Hall–Kier alpha value is -2.61. The monoisotopic (exact) mass is 242 g/mol. The van der Waals surface area contributed by atoms with E-state index in [0.29, 0.717) is 12.2 Å². The lowest BCUT2D eigenvalue weighted by Crippen LogP contribution is -1.99. The highest BCUT2D eigenvalue weighted by Gasteiger charge is 2.03. The fourth-order valence-electron chi connectivity index (χ4n) is 1.49. The van der Waals surface area contributed by atoms with Gasteiger partial charge in [0.1, 0.15) is 11.9 Å². The predicted octanol–water partition coefficient (Wildman–Crippen LogP) is 2.61. The molecule has 2 rings (SSSR count). The fraction of sp³-hybridized carbons (Fsp3) is 0.0769. The van der Waals surface area contributed by atoms with Gasteiger partial charge in [-0.3, -0.25) is 0 Å². The third-order valence-electron chi connectivity index (χ3n) is 2.43. The summed E-state index contributed by atoms with van der Waals surface area (Å²) in [7, 11) is 0. The molecular formula is C13H11FN4. The molecule has 0 aliphatic heterocycles. The second kappa shape index (κ2) is 5.15. The Labute approximate surface area is 104 Å². The summed E-state index contributed by atoms with van der Waals surface area (Å²) in [5.74, 6) is -0.512. The molecule has 0 atom stereocenters. The second-order valence-corrected chi connectivity index (χ2v) is 3.67. The van der Waals surface area contributed by atoms with Gasteiger partial charge in [-0.15, -0.1) is 0 Å². The molecule has 0 aliphatic carbocycles. The average molecular weight is 242 g/mol. The maximum atomic E-state index is 13.1. The number of nitriles is 1. The van der Waals surface area contributed by atoms with E-state index in [1.165, 1.54) is 12.1 Å². The Morgan fingerprint density at radius 2 is 2.39 bits per heavy atom. The Morgan fingerprint density at radius 1 is 1.56 bits per heavy atom. The molecule has 0 spiro atoms. The van der Waals surface area contributed by atoms with Gasteiger partial charge in [-0.25, -0.2) is 9.07 Å². The second-order valence-electron chi connectivity index (χ2n) is 3.67. The van der Waals surface area contributed by atoms with Crippen LogP contribution in [0.1, 0.15) is 11.1 Å². The molecule has 90 valence electrons. The molecule has 0 aliphatic rings. The van der Waals surface area contributed by atoms with Crippen LogP contribution in [0.25, 0.3) is 6.20 Å². The predicted molar refractivity (Wildman–Crippen MR) is 67.1 cm³/mol. The van der Waals surface area contributed by atoms with E-state index in [1.54, 1.807) is 29.2 Å². The Bertz CT molecular complexity index is 610. The van der Waals surface area contributed by atoms with Gasteiger partial charge in [0.2, 0.25) is 0 Å². The lowest BCUT2D eigenvalue weighted by Gasteiger charge is -2.05. The molecule has 0 unspecified atom stereocenters. The van der Waals surface area contributed by atoms with Crippen LogP contribution in [0, 0.1) is 17.1 Å². The van der Waals surface area contributed by atoms with Crippen molar-refractivity contribution in [2.75, 3.05) is 5.32 Å². The number of nitrogens with one attached hydrogen (secondary N) is 1. The minimum Gasteiger partial charge on any atom is -0.381 e. The molecule has 0 fully saturated rings. The molecule has 1 N–H and O–H groups in total. The Balaban J connectivity index is 2.06. The maximum Gasteiger partial charge on any atom is 0.141 e. The van der Waals surface area contributed by atoms with Gasteiger partial charge in [0.15, 0.2) is 0 Å². The standard InChI is InChI=1S/C13H11FN4/c1-2-18-9-10(8-17-18)7-16-12-3-4-13(14)11(5-12)6-15/h2-5,8-9,16H,1,7H2. The quantitative estimate of drug-likeness (QED) is 0.896. The van der Waals surface area contributed by atoms with E-state index in [2.05, 4.69) is 17.0 Å². The number of nitrogens with zero attached hydrogens (tertiary/aromatic N) is 3. The zero-order valence-electron chi connectivity index (χ0n) is 9.60. The summed E-state index contributed by atoms with van der Waals surface area (Å²) in [5.41, 5.74) is 1.69. The molecule has 4 nitrogen and oxygen atoms in total. The summed E-state index contributed by atoms with van der Waals surface area (Å²) in [4.78, 5) is 0. The van der Waals surface area contributed by atoms with Crippen LogP contribution in [0.4, 0.5) is 10.1 Å². The Kier molecular flexibility index (Phi) is 3.39. The molecule has 1 aromatic heterocycles. The van der Waals surface area contributed by atoms with Gasteiger partial charge in [0, 0.05) is 30.2 Å². The van der Waals surface area contributed by atoms with Crippen molar-refractivity contribution in [3.63, 3.8) is 0 Å². The molecule has 0 saturated carbocycles. The average Bonchev–Trinajstić information content (AvgIpc) is 2.86. The van der Waals surface area contributed by atoms with Gasteiger partial charge in [-0.05, 0) is 18.2 Å². The molecular weight excluding hydrogens is 231 g/mol. The maximum absolute atomic E-state index is 13.1. The number of hydrogen-bond donors (Lipinski definition) is 1. The molecule has 0 bridgehead atoms. The van der Waals surface area contributed by atoms with Crippen LogP contribution in [0.3, 0.4) is 0 Å². The highest BCUT2D eigenvalue weighted by atomic mass is 19.1. The van der Waals surface area contributed by atoms with Gasteiger partial charge < -0.3 is 5.32 Å². The van der Waals surface area contributed by atoms with E-state index in [-0.39, 0.29) is 5.56 Å². The van der Waals surface area contributed by atoms with E-state index in [0.717, 1.165) is 5.56 Å². The highest BCUT2D eigenvalue weighted by Crippen LogP contribution is 2.14. The largest absolute Gasteiger partial charge is 0.381 e. The summed E-state index contributed by atoms with van der Waals surface area (Å²) in [6.07, 6.45) is 5.13. The van der Waals surface area contributed by atoms with E-state index in [4.69, 9.17) is 5.26 Å².